The van der Waals surface area contributed by atoms with Crippen LogP contribution in [0.1, 0.15) is 41.5 Å². The van der Waals surface area contributed by atoms with Crippen molar-refractivity contribution in [2.45, 2.75) is 26.2 Å². The number of rotatable bonds is 5. The second-order valence-electron chi connectivity index (χ2n) is 4.49. The molecular weight excluding hydrogens is 224 g/mol. The highest BCUT2D eigenvalue weighted by Gasteiger charge is 2.13. The fourth-order valence-electron chi connectivity index (χ4n) is 1.92. The summed E-state index contributed by atoms with van der Waals surface area (Å²) in [6, 6.07) is 7.85. The molecule has 0 saturated heterocycles. The summed E-state index contributed by atoms with van der Waals surface area (Å²) in [4.78, 5) is 16.2. The first kappa shape index (κ1) is 12.6. The number of unbranched alkanes of at least 4 members (excludes halogenated alkanes) is 1. The predicted octanol–water partition coefficient (Wildman–Crippen LogP) is 2.99. The van der Waals surface area contributed by atoms with E-state index >= 15 is 0 Å². The Morgan fingerprint density at radius 2 is 2.00 bits per heavy atom. The Morgan fingerprint density at radius 3 is 2.56 bits per heavy atom. The van der Waals surface area contributed by atoms with E-state index in [2.05, 4.69) is 11.9 Å². The van der Waals surface area contributed by atoms with Gasteiger partial charge in [0.1, 0.15) is 0 Å². The van der Waals surface area contributed by atoms with Gasteiger partial charge in [0, 0.05) is 25.0 Å². The van der Waals surface area contributed by atoms with Gasteiger partial charge in [-0.15, -0.1) is 0 Å². The minimum Gasteiger partial charge on any atom is -0.331 e. The number of nitrogens with zero attached hydrogens (tertiary/aromatic N) is 2. The number of benzene rings is 1. The van der Waals surface area contributed by atoms with Gasteiger partial charge in [0.25, 0.3) is 0 Å². The maximum Gasteiger partial charge on any atom is 0.228 e. The van der Waals surface area contributed by atoms with Gasteiger partial charge in [-0.05, 0) is 18.4 Å². The van der Waals surface area contributed by atoms with E-state index in [4.69, 9.17) is 0 Å². The normalized spacial score (nSPS) is 10.6. The van der Waals surface area contributed by atoms with Gasteiger partial charge in [0.15, 0.2) is 5.82 Å². The van der Waals surface area contributed by atoms with Gasteiger partial charge in [-0.3, -0.25) is 4.79 Å². The molecule has 3 nitrogen and oxygen atoms in total. The van der Waals surface area contributed by atoms with Crippen LogP contribution in [0.4, 0.5) is 0 Å². The molecule has 18 heavy (non-hydrogen) atoms. The molecule has 1 aromatic carbocycles. The molecule has 0 spiro atoms. The number of carbonyl (C=O) groups excluding carboxylic acids is 1. The zero-order chi connectivity index (χ0) is 13.0. The molecule has 0 aliphatic heterocycles. The Kier molecular flexibility index (Phi) is 3.92. The Balaban J connectivity index is 2.15. The molecule has 94 valence electrons. The molecular formula is C15H18N2O. The van der Waals surface area contributed by atoms with E-state index in [1.165, 1.54) is 18.4 Å². The Labute approximate surface area is 107 Å². The predicted molar refractivity (Wildman–Crippen MR) is 71.7 cm³/mol. The van der Waals surface area contributed by atoms with Crippen molar-refractivity contribution in [3.63, 3.8) is 0 Å². The lowest BCUT2D eigenvalue weighted by atomic mass is 10.0. The van der Waals surface area contributed by atoms with Crippen LogP contribution in [0, 0.1) is 0 Å². The summed E-state index contributed by atoms with van der Waals surface area (Å²) in [7, 11) is 1.83. The molecule has 1 heterocycles. The first-order valence-corrected chi connectivity index (χ1v) is 6.33. The first-order chi connectivity index (χ1) is 8.72. The molecule has 0 radical (unpaired) electrons. The SMILES string of the molecule is CCCCc1ccc(C(=O)c2nccn2C)cc1. The maximum absolute atomic E-state index is 12.2. The van der Waals surface area contributed by atoms with E-state index in [-0.39, 0.29) is 5.78 Å². The molecule has 3 heteroatoms. The average Bonchev–Trinajstić information content (AvgIpc) is 2.82. The van der Waals surface area contributed by atoms with Crippen molar-refractivity contribution in [3.8, 4) is 0 Å². The Bertz CT molecular complexity index is 526. The molecule has 0 unspecified atom stereocenters. The van der Waals surface area contributed by atoms with E-state index in [1.807, 2.05) is 31.3 Å². The van der Waals surface area contributed by atoms with Gasteiger partial charge in [0.2, 0.25) is 5.78 Å². The molecule has 0 N–H and O–H groups in total. The Morgan fingerprint density at radius 1 is 1.28 bits per heavy atom. The number of hydrogen-bond donors (Lipinski definition) is 0. The summed E-state index contributed by atoms with van der Waals surface area (Å²) in [5.41, 5.74) is 1.98. The highest BCUT2D eigenvalue weighted by atomic mass is 16.1. The number of ketones is 1. The van der Waals surface area contributed by atoms with Crippen LogP contribution >= 0.6 is 0 Å². The highest BCUT2D eigenvalue weighted by molar-refractivity contribution is 6.06. The molecule has 2 aromatic rings. The minimum atomic E-state index is -0.0236. The summed E-state index contributed by atoms with van der Waals surface area (Å²) in [5.74, 6) is 0.459. The van der Waals surface area contributed by atoms with Crippen LogP contribution in [0.25, 0.3) is 0 Å². The highest BCUT2D eigenvalue weighted by Crippen LogP contribution is 2.11. The summed E-state index contributed by atoms with van der Waals surface area (Å²) in [6.07, 6.45) is 6.87. The molecule has 0 atom stereocenters. The summed E-state index contributed by atoms with van der Waals surface area (Å²) >= 11 is 0. The summed E-state index contributed by atoms with van der Waals surface area (Å²) < 4.78 is 1.74. The molecule has 0 fully saturated rings. The van der Waals surface area contributed by atoms with Crippen molar-refractivity contribution in [2.24, 2.45) is 7.05 Å². The zero-order valence-corrected chi connectivity index (χ0v) is 10.9. The fourth-order valence-corrected chi connectivity index (χ4v) is 1.92. The third-order valence-corrected chi connectivity index (χ3v) is 3.06. The fraction of sp³-hybridized carbons (Fsp3) is 0.333. The van der Waals surface area contributed by atoms with Crippen molar-refractivity contribution < 1.29 is 4.79 Å². The van der Waals surface area contributed by atoms with Crippen LogP contribution < -0.4 is 0 Å². The van der Waals surface area contributed by atoms with Gasteiger partial charge < -0.3 is 4.57 Å². The van der Waals surface area contributed by atoms with Gasteiger partial charge in [-0.2, -0.15) is 0 Å². The Hall–Kier alpha value is -1.90. The topological polar surface area (TPSA) is 34.9 Å². The standard InChI is InChI=1S/C15H18N2O/c1-3-4-5-12-6-8-13(9-7-12)14(18)15-16-10-11-17(15)2/h6-11H,3-5H2,1-2H3. The van der Waals surface area contributed by atoms with Crippen LogP contribution in [0.3, 0.4) is 0 Å². The molecule has 1 aromatic heterocycles. The van der Waals surface area contributed by atoms with Crippen LogP contribution in [0.15, 0.2) is 36.7 Å². The van der Waals surface area contributed by atoms with Crippen molar-refractivity contribution in [2.75, 3.05) is 0 Å². The largest absolute Gasteiger partial charge is 0.331 e. The quantitative estimate of drug-likeness (QED) is 0.755. The van der Waals surface area contributed by atoms with Crippen LogP contribution in [0.5, 0.6) is 0 Å². The van der Waals surface area contributed by atoms with Crippen molar-refractivity contribution in [1.82, 2.24) is 9.55 Å². The van der Waals surface area contributed by atoms with Gasteiger partial charge >= 0.3 is 0 Å². The van der Waals surface area contributed by atoms with Gasteiger partial charge in [0.05, 0.1) is 0 Å². The number of aromatic nitrogens is 2. The molecule has 0 aliphatic rings. The summed E-state index contributed by atoms with van der Waals surface area (Å²) in [6.45, 7) is 2.18. The number of hydrogen-bond acceptors (Lipinski definition) is 2. The molecule has 0 aliphatic carbocycles. The van der Waals surface area contributed by atoms with E-state index < -0.39 is 0 Å². The monoisotopic (exact) mass is 242 g/mol. The van der Waals surface area contributed by atoms with Crippen LogP contribution in [-0.4, -0.2) is 15.3 Å². The van der Waals surface area contributed by atoms with Crippen molar-refractivity contribution in [3.05, 3.63) is 53.6 Å². The zero-order valence-electron chi connectivity index (χ0n) is 10.9. The van der Waals surface area contributed by atoms with Crippen molar-refractivity contribution >= 4 is 5.78 Å². The first-order valence-electron chi connectivity index (χ1n) is 6.33. The second kappa shape index (κ2) is 5.63. The van der Waals surface area contributed by atoms with Gasteiger partial charge in [-0.25, -0.2) is 4.98 Å². The lowest BCUT2D eigenvalue weighted by Crippen LogP contribution is -2.08. The number of imidazole rings is 1. The van der Waals surface area contributed by atoms with Crippen molar-refractivity contribution in [1.29, 1.82) is 0 Å². The smallest absolute Gasteiger partial charge is 0.228 e. The molecule has 0 saturated carbocycles. The van der Waals surface area contributed by atoms with Crippen LogP contribution in [0.2, 0.25) is 0 Å². The van der Waals surface area contributed by atoms with E-state index in [1.54, 1.807) is 17.0 Å². The molecule has 0 bridgehead atoms. The number of aryl methyl sites for hydroxylation is 2. The average molecular weight is 242 g/mol. The molecule has 2 rings (SSSR count). The lowest BCUT2D eigenvalue weighted by molar-refractivity contribution is 0.102. The summed E-state index contributed by atoms with van der Waals surface area (Å²) in [5, 5.41) is 0. The second-order valence-corrected chi connectivity index (χ2v) is 4.49. The third-order valence-electron chi connectivity index (χ3n) is 3.06. The van der Waals surface area contributed by atoms with E-state index in [0.717, 1.165) is 6.42 Å². The maximum atomic E-state index is 12.2. The van der Waals surface area contributed by atoms with Gasteiger partial charge in [-0.1, -0.05) is 37.6 Å². The van der Waals surface area contributed by atoms with E-state index in [9.17, 15) is 4.79 Å². The van der Waals surface area contributed by atoms with Crippen LogP contribution in [-0.2, 0) is 13.5 Å². The third kappa shape index (κ3) is 2.67. The lowest BCUT2D eigenvalue weighted by Gasteiger charge is -2.03. The molecule has 0 amide bonds. The van der Waals surface area contributed by atoms with E-state index in [0.29, 0.717) is 11.4 Å². The number of carbonyl (C=O) groups is 1. The minimum absolute atomic E-state index is 0.0236.